The Kier molecular flexibility index (Phi) is 5.55. The zero-order chi connectivity index (χ0) is 22.8. The lowest BCUT2D eigenvalue weighted by Crippen LogP contribution is -2.47. The van der Waals surface area contributed by atoms with Crippen molar-refractivity contribution in [1.29, 1.82) is 0 Å². The molecular formula is C24H22FN5O2S. The van der Waals surface area contributed by atoms with Gasteiger partial charge in [-0.3, -0.25) is 4.72 Å². The average molecular weight is 464 g/mol. The molecule has 2 heterocycles. The third-order valence-electron chi connectivity index (χ3n) is 5.61. The summed E-state index contributed by atoms with van der Waals surface area (Å²) in [6.45, 7) is 2.60. The first kappa shape index (κ1) is 21.1. The van der Waals surface area contributed by atoms with Crippen LogP contribution in [0.5, 0.6) is 0 Å². The summed E-state index contributed by atoms with van der Waals surface area (Å²) in [7, 11) is -3.83. The predicted octanol–water partition coefficient (Wildman–Crippen LogP) is 3.90. The number of para-hydroxylation sites is 2. The van der Waals surface area contributed by atoms with Crippen LogP contribution in [-0.4, -0.2) is 44.6 Å². The fourth-order valence-corrected chi connectivity index (χ4v) is 4.92. The van der Waals surface area contributed by atoms with E-state index in [1.807, 2.05) is 23.1 Å². The van der Waals surface area contributed by atoms with E-state index in [2.05, 4.69) is 14.6 Å². The Bertz CT molecular complexity index is 1370. The van der Waals surface area contributed by atoms with Crippen molar-refractivity contribution in [1.82, 2.24) is 9.97 Å². The number of halogens is 1. The van der Waals surface area contributed by atoms with Gasteiger partial charge in [0.15, 0.2) is 11.6 Å². The Morgan fingerprint density at radius 1 is 0.727 bits per heavy atom. The molecule has 0 amide bonds. The lowest BCUT2D eigenvalue weighted by atomic mass is 10.2. The zero-order valence-electron chi connectivity index (χ0n) is 17.7. The molecule has 168 valence electrons. The highest BCUT2D eigenvalue weighted by molar-refractivity contribution is 7.92. The third-order valence-corrected chi connectivity index (χ3v) is 6.96. The highest BCUT2D eigenvalue weighted by Crippen LogP contribution is 2.29. The molecular weight excluding hydrogens is 441 g/mol. The van der Waals surface area contributed by atoms with Crippen molar-refractivity contribution in [2.45, 2.75) is 4.90 Å². The second-order valence-corrected chi connectivity index (χ2v) is 9.44. The Balaban J connectivity index is 1.45. The minimum absolute atomic E-state index is 0.159. The Morgan fingerprint density at radius 3 is 1.97 bits per heavy atom. The molecule has 4 aromatic rings. The molecule has 0 spiro atoms. The summed E-state index contributed by atoms with van der Waals surface area (Å²) in [5, 5.41) is 0. The normalized spacial score (nSPS) is 14.5. The molecule has 1 N–H and O–H groups in total. The van der Waals surface area contributed by atoms with Crippen LogP contribution in [0, 0.1) is 5.82 Å². The van der Waals surface area contributed by atoms with E-state index in [4.69, 9.17) is 4.98 Å². The van der Waals surface area contributed by atoms with E-state index in [1.54, 1.807) is 36.4 Å². The molecule has 7 nitrogen and oxygen atoms in total. The number of hydrogen-bond acceptors (Lipinski definition) is 6. The van der Waals surface area contributed by atoms with E-state index in [-0.39, 0.29) is 16.5 Å². The summed E-state index contributed by atoms with van der Waals surface area (Å²) in [4.78, 5) is 13.7. The van der Waals surface area contributed by atoms with Crippen LogP contribution in [0.15, 0.2) is 83.8 Å². The molecule has 1 aliphatic heterocycles. The Labute approximate surface area is 191 Å². The highest BCUT2D eigenvalue weighted by Gasteiger charge is 2.25. The molecule has 0 aliphatic carbocycles. The minimum atomic E-state index is -3.83. The van der Waals surface area contributed by atoms with Gasteiger partial charge in [-0.05, 0) is 48.5 Å². The van der Waals surface area contributed by atoms with Crippen LogP contribution in [-0.2, 0) is 10.0 Å². The topological polar surface area (TPSA) is 78.4 Å². The van der Waals surface area contributed by atoms with Gasteiger partial charge in [0.2, 0.25) is 0 Å². The third kappa shape index (κ3) is 4.45. The number of rotatable bonds is 5. The van der Waals surface area contributed by atoms with Gasteiger partial charge in [0.25, 0.3) is 10.0 Å². The van der Waals surface area contributed by atoms with Crippen LogP contribution in [0.2, 0.25) is 0 Å². The molecule has 5 rings (SSSR count). The first-order chi connectivity index (χ1) is 16.0. The van der Waals surface area contributed by atoms with E-state index in [1.165, 1.54) is 24.3 Å². The van der Waals surface area contributed by atoms with E-state index in [0.717, 1.165) is 5.69 Å². The molecule has 1 aromatic heterocycles. The van der Waals surface area contributed by atoms with Crippen LogP contribution in [0.1, 0.15) is 0 Å². The van der Waals surface area contributed by atoms with Crippen molar-refractivity contribution >= 4 is 38.4 Å². The smallest absolute Gasteiger partial charge is 0.263 e. The first-order valence-electron chi connectivity index (χ1n) is 10.6. The number of sulfonamides is 1. The van der Waals surface area contributed by atoms with Crippen LogP contribution in [0.4, 0.5) is 21.7 Å². The monoisotopic (exact) mass is 463 g/mol. The van der Waals surface area contributed by atoms with Crippen LogP contribution in [0.3, 0.4) is 0 Å². The number of anilines is 3. The molecule has 0 atom stereocenters. The van der Waals surface area contributed by atoms with Gasteiger partial charge in [-0.1, -0.05) is 30.3 Å². The maximum absolute atomic E-state index is 13.3. The second kappa shape index (κ2) is 8.67. The van der Waals surface area contributed by atoms with Crippen molar-refractivity contribution in [3.05, 3.63) is 84.7 Å². The van der Waals surface area contributed by atoms with Crippen LogP contribution < -0.4 is 14.5 Å². The Morgan fingerprint density at radius 2 is 1.30 bits per heavy atom. The number of aromatic nitrogens is 2. The molecule has 0 unspecified atom stereocenters. The van der Waals surface area contributed by atoms with Gasteiger partial charge in [-0.15, -0.1) is 0 Å². The van der Waals surface area contributed by atoms with Crippen molar-refractivity contribution in [3.8, 4) is 0 Å². The number of piperazine rings is 1. The zero-order valence-corrected chi connectivity index (χ0v) is 18.5. The van der Waals surface area contributed by atoms with Crippen molar-refractivity contribution < 1.29 is 12.8 Å². The van der Waals surface area contributed by atoms with Gasteiger partial charge in [-0.25, -0.2) is 22.8 Å². The molecule has 9 heteroatoms. The van der Waals surface area contributed by atoms with Crippen LogP contribution >= 0.6 is 0 Å². The summed E-state index contributed by atoms with van der Waals surface area (Å²) in [5.74, 6) is 0.430. The summed E-state index contributed by atoms with van der Waals surface area (Å²) in [5.41, 5.74) is 2.25. The van der Waals surface area contributed by atoms with E-state index >= 15 is 0 Å². The largest absolute Gasteiger partial charge is 0.368 e. The molecule has 0 radical (unpaired) electrons. The summed E-state index contributed by atoms with van der Waals surface area (Å²) >= 11 is 0. The molecule has 1 fully saturated rings. The first-order valence-corrected chi connectivity index (χ1v) is 12.1. The van der Waals surface area contributed by atoms with E-state index < -0.39 is 10.0 Å². The van der Waals surface area contributed by atoms with E-state index in [0.29, 0.717) is 43.0 Å². The number of nitrogens with one attached hydrogen (secondary N) is 1. The molecule has 0 bridgehead atoms. The van der Waals surface area contributed by atoms with Gasteiger partial charge in [-0.2, -0.15) is 0 Å². The summed E-state index contributed by atoms with van der Waals surface area (Å²) in [6, 6.07) is 22.0. The lowest BCUT2D eigenvalue weighted by Gasteiger charge is -2.37. The van der Waals surface area contributed by atoms with Crippen molar-refractivity contribution in [2.24, 2.45) is 0 Å². The molecule has 1 saturated heterocycles. The van der Waals surface area contributed by atoms with Gasteiger partial charge >= 0.3 is 0 Å². The predicted molar refractivity (Wildman–Crippen MR) is 128 cm³/mol. The van der Waals surface area contributed by atoms with Crippen molar-refractivity contribution in [2.75, 3.05) is 40.7 Å². The van der Waals surface area contributed by atoms with Gasteiger partial charge in [0.05, 0.1) is 15.9 Å². The highest BCUT2D eigenvalue weighted by atomic mass is 32.2. The molecule has 0 saturated carbocycles. The fraction of sp³-hybridized carbons (Fsp3) is 0.167. The van der Waals surface area contributed by atoms with Gasteiger partial charge < -0.3 is 9.80 Å². The summed E-state index contributed by atoms with van der Waals surface area (Å²) in [6.07, 6.45) is 0. The molecule has 3 aromatic carbocycles. The number of hydrogen-bond donors (Lipinski definition) is 1. The van der Waals surface area contributed by atoms with Crippen molar-refractivity contribution in [3.63, 3.8) is 0 Å². The standard InChI is InChI=1S/C24H22FN5O2S/c25-18-10-12-19(13-11-18)29-14-16-30(17-15-29)24-23(26-21-8-4-5-9-22(21)27-24)28-33(31,32)20-6-2-1-3-7-20/h1-13H,14-17H2,(H,26,28). The van der Waals surface area contributed by atoms with Gasteiger partial charge in [0, 0.05) is 31.9 Å². The molecule has 1 aliphatic rings. The molecule has 33 heavy (non-hydrogen) atoms. The quantitative estimate of drug-likeness (QED) is 0.484. The van der Waals surface area contributed by atoms with E-state index in [9.17, 15) is 12.8 Å². The van der Waals surface area contributed by atoms with Gasteiger partial charge in [0.1, 0.15) is 5.82 Å². The number of benzene rings is 3. The maximum atomic E-state index is 13.3. The maximum Gasteiger partial charge on any atom is 0.263 e. The lowest BCUT2D eigenvalue weighted by molar-refractivity contribution is 0.600. The number of nitrogens with zero attached hydrogens (tertiary/aromatic N) is 4. The minimum Gasteiger partial charge on any atom is -0.368 e. The fourth-order valence-electron chi connectivity index (χ4n) is 3.89. The average Bonchev–Trinajstić information content (AvgIpc) is 2.85. The SMILES string of the molecule is O=S(=O)(Nc1nc2ccccc2nc1N1CCN(c2ccc(F)cc2)CC1)c1ccccc1. The second-order valence-electron chi connectivity index (χ2n) is 7.75. The Hall–Kier alpha value is -3.72. The summed E-state index contributed by atoms with van der Waals surface area (Å²) < 4.78 is 41.9. The number of fused-ring (bicyclic) bond motifs is 1. The van der Waals surface area contributed by atoms with Crippen LogP contribution in [0.25, 0.3) is 11.0 Å².